The van der Waals surface area contributed by atoms with Crippen molar-refractivity contribution in [2.24, 2.45) is 17.6 Å². The number of hydrogen-bond donors (Lipinski definition) is 2. The van der Waals surface area contributed by atoms with Crippen LogP contribution in [0.15, 0.2) is 30.5 Å². The zero-order valence-corrected chi connectivity index (χ0v) is 12.1. The number of imidazole rings is 1. The SMILES string of the molecule is CC(C)CC(CN)Cc1ncc(-c2ccc(F)cc2)[nH]1. The van der Waals surface area contributed by atoms with Gasteiger partial charge in [-0.05, 0) is 54.6 Å². The standard InChI is InChI=1S/C16H22FN3/c1-11(2)7-12(9-18)8-16-19-10-15(20-16)13-3-5-14(17)6-4-13/h3-6,10-12H,7-9,18H2,1-2H3,(H,19,20). The van der Waals surface area contributed by atoms with E-state index < -0.39 is 0 Å². The average molecular weight is 275 g/mol. The molecular weight excluding hydrogens is 253 g/mol. The fourth-order valence-corrected chi connectivity index (χ4v) is 2.45. The van der Waals surface area contributed by atoms with E-state index in [1.807, 2.05) is 0 Å². The lowest BCUT2D eigenvalue weighted by Gasteiger charge is -2.15. The lowest BCUT2D eigenvalue weighted by Crippen LogP contribution is -2.19. The number of nitrogens with two attached hydrogens (primary N) is 1. The highest BCUT2D eigenvalue weighted by atomic mass is 19.1. The van der Waals surface area contributed by atoms with Crippen molar-refractivity contribution in [2.45, 2.75) is 26.7 Å². The summed E-state index contributed by atoms with van der Waals surface area (Å²) in [6.07, 6.45) is 3.75. The third-order valence-corrected chi connectivity index (χ3v) is 3.40. The van der Waals surface area contributed by atoms with Gasteiger partial charge in [-0.3, -0.25) is 0 Å². The van der Waals surface area contributed by atoms with E-state index in [1.165, 1.54) is 12.1 Å². The van der Waals surface area contributed by atoms with Gasteiger partial charge in [-0.2, -0.15) is 0 Å². The van der Waals surface area contributed by atoms with Crippen LogP contribution in [0.4, 0.5) is 4.39 Å². The predicted octanol–water partition coefficient (Wildman–Crippen LogP) is 3.38. The molecule has 1 aromatic heterocycles. The molecule has 4 heteroatoms. The fraction of sp³-hybridized carbons (Fsp3) is 0.438. The van der Waals surface area contributed by atoms with Crippen molar-refractivity contribution < 1.29 is 4.39 Å². The van der Waals surface area contributed by atoms with Gasteiger partial charge in [0.25, 0.3) is 0 Å². The van der Waals surface area contributed by atoms with Crippen LogP contribution in [0.3, 0.4) is 0 Å². The molecule has 0 aliphatic rings. The third kappa shape index (κ3) is 3.90. The van der Waals surface area contributed by atoms with E-state index in [-0.39, 0.29) is 5.82 Å². The van der Waals surface area contributed by atoms with Crippen molar-refractivity contribution in [2.75, 3.05) is 6.54 Å². The van der Waals surface area contributed by atoms with Gasteiger partial charge in [0.15, 0.2) is 0 Å². The number of H-pyrrole nitrogens is 1. The zero-order valence-electron chi connectivity index (χ0n) is 12.1. The molecule has 0 saturated heterocycles. The lowest BCUT2D eigenvalue weighted by molar-refractivity contribution is 0.409. The Labute approximate surface area is 119 Å². The van der Waals surface area contributed by atoms with Crippen LogP contribution in [-0.4, -0.2) is 16.5 Å². The largest absolute Gasteiger partial charge is 0.342 e. The maximum absolute atomic E-state index is 12.9. The Bertz CT molecular complexity index is 531. The van der Waals surface area contributed by atoms with E-state index in [0.29, 0.717) is 18.4 Å². The van der Waals surface area contributed by atoms with E-state index in [9.17, 15) is 4.39 Å². The van der Waals surface area contributed by atoms with Crippen LogP contribution >= 0.6 is 0 Å². The van der Waals surface area contributed by atoms with Crippen molar-refractivity contribution in [3.8, 4) is 11.3 Å². The summed E-state index contributed by atoms with van der Waals surface area (Å²) in [5.41, 5.74) is 7.68. The number of halogens is 1. The van der Waals surface area contributed by atoms with Crippen molar-refractivity contribution in [3.05, 3.63) is 42.1 Å². The Morgan fingerprint density at radius 2 is 1.95 bits per heavy atom. The van der Waals surface area contributed by atoms with Gasteiger partial charge in [0.2, 0.25) is 0 Å². The number of aromatic nitrogens is 2. The van der Waals surface area contributed by atoms with Crippen LogP contribution in [0.5, 0.6) is 0 Å². The highest BCUT2D eigenvalue weighted by molar-refractivity contribution is 5.58. The number of rotatable bonds is 6. The molecule has 1 atom stereocenters. The van der Waals surface area contributed by atoms with Gasteiger partial charge >= 0.3 is 0 Å². The van der Waals surface area contributed by atoms with Crippen molar-refractivity contribution in [1.29, 1.82) is 0 Å². The molecule has 2 aromatic rings. The molecule has 2 rings (SSSR count). The second kappa shape index (κ2) is 6.66. The number of benzene rings is 1. The summed E-state index contributed by atoms with van der Waals surface area (Å²) < 4.78 is 12.9. The quantitative estimate of drug-likeness (QED) is 0.849. The van der Waals surface area contributed by atoms with Gasteiger partial charge in [-0.15, -0.1) is 0 Å². The van der Waals surface area contributed by atoms with Gasteiger partial charge in [0, 0.05) is 6.42 Å². The third-order valence-electron chi connectivity index (χ3n) is 3.40. The molecular formula is C16H22FN3. The summed E-state index contributed by atoms with van der Waals surface area (Å²) in [6, 6.07) is 6.41. The summed E-state index contributed by atoms with van der Waals surface area (Å²) >= 11 is 0. The van der Waals surface area contributed by atoms with Crippen LogP contribution in [0.1, 0.15) is 26.1 Å². The molecule has 0 saturated carbocycles. The molecule has 3 N–H and O–H groups in total. The van der Waals surface area contributed by atoms with Crippen molar-refractivity contribution in [3.63, 3.8) is 0 Å². The van der Waals surface area contributed by atoms with Gasteiger partial charge in [0.1, 0.15) is 11.6 Å². The minimum atomic E-state index is -0.228. The smallest absolute Gasteiger partial charge is 0.123 e. The molecule has 0 radical (unpaired) electrons. The first kappa shape index (κ1) is 14.7. The van der Waals surface area contributed by atoms with Crippen molar-refractivity contribution >= 4 is 0 Å². The number of aromatic amines is 1. The van der Waals surface area contributed by atoms with Crippen molar-refractivity contribution in [1.82, 2.24) is 9.97 Å². The Balaban J connectivity index is 2.06. The van der Waals surface area contributed by atoms with Crippen LogP contribution < -0.4 is 5.73 Å². The van der Waals surface area contributed by atoms with E-state index in [1.54, 1.807) is 18.3 Å². The van der Waals surface area contributed by atoms with Gasteiger partial charge in [-0.25, -0.2) is 9.37 Å². The highest BCUT2D eigenvalue weighted by Gasteiger charge is 2.12. The molecule has 0 amide bonds. The van der Waals surface area contributed by atoms with E-state index in [2.05, 4.69) is 23.8 Å². The summed E-state index contributed by atoms with van der Waals surface area (Å²) in [6.45, 7) is 5.08. The second-order valence-corrected chi connectivity index (χ2v) is 5.69. The van der Waals surface area contributed by atoms with Gasteiger partial charge in [-0.1, -0.05) is 13.8 Å². The summed E-state index contributed by atoms with van der Waals surface area (Å²) in [5.74, 6) is 1.80. The van der Waals surface area contributed by atoms with Crippen LogP contribution in [0, 0.1) is 17.7 Å². The number of nitrogens with one attached hydrogen (secondary N) is 1. The van der Waals surface area contributed by atoms with Crippen LogP contribution in [-0.2, 0) is 6.42 Å². The first-order chi connectivity index (χ1) is 9.58. The van der Waals surface area contributed by atoms with Gasteiger partial charge < -0.3 is 10.7 Å². The Morgan fingerprint density at radius 1 is 1.25 bits per heavy atom. The monoisotopic (exact) mass is 275 g/mol. The molecule has 0 bridgehead atoms. The van der Waals surface area contributed by atoms with E-state index in [0.717, 1.165) is 29.9 Å². The number of nitrogens with zero attached hydrogens (tertiary/aromatic N) is 1. The maximum Gasteiger partial charge on any atom is 0.123 e. The molecule has 20 heavy (non-hydrogen) atoms. The lowest BCUT2D eigenvalue weighted by atomic mass is 9.94. The summed E-state index contributed by atoms with van der Waals surface area (Å²) in [7, 11) is 0. The molecule has 1 heterocycles. The first-order valence-corrected chi connectivity index (χ1v) is 7.08. The first-order valence-electron chi connectivity index (χ1n) is 7.08. The summed E-state index contributed by atoms with van der Waals surface area (Å²) in [4.78, 5) is 7.70. The zero-order chi connectivity index (χ0) is 14.5. The molecule has 1 unspecified atom stereocenters. The Morgan fingerprint density at radius 3 is 2.55 bits per heavy atom. The highest BCUT2D eigenvalue weighted by Crippen LogP contribution is 2.20. The maximum atomic E-state index is 12.9. The molecule has 0 aliphatic carbocycles. The second-order valence-electron chi connectivity index (χ2n) is 5.69. The average Bonchev–Trinajstić information content (AvgIpc) is 2.87. The Kier molecular flexibility index (Phi) is 4.90. The molecule has 0 fully saturated rings. The topological polar surface area (TPSA) is 54.7 Å². The van der Waals surface area contributed by atoms with E-state index in [4.69, 9.17) is 5.73 Å². The molecule has 3 nitrogen and oxygen atoms in total. The predicted molar refractivity (Wildman–Crippen MR) is 79.7 cm³/mol. The minimum absolute atomic E-state index is 0.228. The normalized spacial score (nSPS) is 12.8. The fourth-order valence-electron chi connectivity index (χ4n) is 2.45. The minimum Gasteiger partial charge on any atom is -0.342 e. The van der Waals surface area contributed by atoms with Crippen LogP contribution in [0.25, 0.3) is 11.3 Å². The van der Waals surface area contributed by atoms with Crippen LogP contribution in [0.2, 0.25) is 0 Å². The molecule has 108 valence electrons. The molecule has 1 aromatic carbocycles. The Hall–Kier alpha value is -1.68. The molecule has 0 spiro atoms. The van der Waals surface area contributed by atoms with Gasteiger partial charge in [0.05, 0.1) is 11.9 Å². The van der Waals surface area contributed by atoms with E-state index >= 15 is 0 Å². The summed E-state index contributed by atoms with van der Waals surface area (Å²) in [5, 5.41) is 0. The number of hydrogen-bond acceptors (Lipinski definition) is 2. The molecule has 0 aliphatic heterocycles.